The highest BCUT2D eigenvalue weighted by molar-refractivity contribution is 5.45. The Morgan fingerprint density at radius 2 is 1.85 bits per heavy atom. The monoisotopic (exact) mass is 180 g/mol. The van der Waals surface area contributed by atoms with Crippen molar-refractivity contribution in [1.82, 2.24) is 0 Å². The Labute approximate surface area is 78.8 Å². The summed E-state index contributed by atoms with van der Waals surface area (Å²) < 4.78 is 0. The van der Waals surface area contributed by atoms with Crippen LogP contribution in [-0.4, -0.2) is 10.2 Å². The predicted octanol–water partition coefficient (Wildman–Crippen LogP) is 2.92. The Bertz CT molecular complexity index is 305. The van der Waals surface area contributed by atoms with Crippen molar-refractivity contribution >= 4 is 0 Å². The molecule has 0 aliphatic rings. The number of aryl methyl sites for hydroxylation is 1. The number of phenols is 2. The Hall–Kier alpha value is -1.18. The summed E-state index contributed by atoms with van der Waals surface area (Å²) in [6, 6.07) is 3.26. The van der Waals surface area contributed by atoms with Crippen molar-refractivity contribution in [3.05, 3.63) is 23.3 Å². The van der Waals surface area contributed by atoms with E-state index in [0.29, 0.717) is 5.56 Å². The molecule has 13 heavy (non-hydrogen) atoms. The Kier molecular flexibility index (Phi) is 2.81. The smallest absolute Gasteiger partial charge is 0.119 e. The van der Waals surface area contributed by atoms with Gasteiger partial charge in [0.15, 0.2) is 0 Å². The van der Waals surface area contributed by atoms with Gasteiger partial charge in [-0.2, -0.15) is 0 Å². The lowest BCUT2D eigenvalue weighted by molar-refractivity contribution is 0.446. The fourth-order valence-corrected chi connectivity index (χ4v) is 1.31. The summed E-state index contributed by atoms with van der Waals surface area (Å²) in [5.74, 6) is 0.823. The molecule has 0 aromatic heterocycles. The molecule has 0 fully saturated rings. The molecule has 2 nitrogen and oxygen atoms in total. The van der Waals surface area contributed by atoms with Gasteiger partial charge in [0.25, 0.3) is 0 Å². The van der Waals surface area contributed by atoms with Gasteiger partial charge in [-0.15, -0.1) is 0 Å². The summed E-state index contributed by atoms with van der Waals surface area (Å²) in [6.07, 6.45) is 0.954. The van der Waals surface area contributed by atoms with E-state index in [1.54, 1.807) is 19.1 Å². The number of benzene rings is 1. The molecule has 0 aliphatic heterocycles. The van der Waals surface area contributed by atoms with Gasteiger partial charge in [0.05, 0.1) is 0 Å². The van der Waals surface area contributed by atoms with Gasteiger partial charge in [0, 0.05) is 5.56 Å². The third kappa shape index (κ3) is 1.94. The maximum absolute atomic E-state index is 9.61. The first-order chi connectivity index (χ1) is 6.06. The van der Waals surface area contributed by atoms with Gasteiger partial charge >= 0.3 is 0 Å². The van der Waals surface area contributed by atoms with E-state index in [-0.39, 0.29) is 17.4 Å². The third-order valence-corrected chi connectivity index (χ3v) is 2.49. The molecular formula is C11H16O2. The van der Waals surface area contributed by atoms with Crippen molar-refractivity contribution in [2.75, 3.05) is 0 Å². The lowest BCUT2D eigenvalue weighted by Gasteiger charge is -2.12. The topological polar surface area (TPSA) is 40.5 Å². The highest BCUT2D eigenvalue weighted by atomic mass is 16.3. The first-order valence-corrected chi connectivity index (χ1v) is 4.58. The van der Waals surface area contributed by atoms with Crippen LogP contribution in [0.25, 0.3) is 0 Å². The largest absolute Gasteiger partial charge is 0.508 e. The summed E-state index contributed by atoms with van der Waals surface area (Å²) in [6.45, 7) is 5.86. The van der Waals surface area contributed by atoms with E-state index < -0.39 is 0 Å². The summed E-state index contributed by atoms with van der Waals surface area (Å²) in [5, 5.41) is 19.1. The molecule has 0 saturated heterocycles. The molecular weight excluding hydrogens is 164 g/mol. The summed E-state index contributed by atoms with van der Waals surface area (Å²) in [7, 11) is 0. The molecule has 2 N–H and O–H groups in total. The number of rotatable bonds is 2. The zero-order valence-electron chi connectivity index (χ0n) is 8.33. The summed E-state index contributed by atoms with van der Waals surface area (Å²) >= 11 is 0. The van der Waals surface area contributed by atoms with Crippen LogP contribution in [0.1, 0.15) is 37.3 Å². The van der Waals surface area contributed by atoms with Gasteiger partial charge in [-0.1, -0.05) is 13.8 Å². The van der Waals surface area contributed by atoms with Crippen LogP contribution in [0.15, 0.2) is 12.1 Å². The van der Waals surface area contributed by atoms with Crippen LogP contribution in [0.2, 0.25) is 0 Å². The number of hydrogen-bond acceptors (Lipinski definition) is 2. The standard InChI is InChI=1S/C11H16O2/c1-4-7(2)9-6-10(12)8(3)5-11(9)13/h5-7,12-13H,4H2,1-3H3. The maximum atomic E-state index is 9.61. The number of phenolic OH excluding ortho intramolecular Hbond substituents is 2. The zero-order valence-corrected chi connectivity index (χ0v) is 8.33. The van der Waals surface area contributed by atoms with Crippen molar-refractivity contribution in [3.63, 3.8) is 0 Å². The zero-order chi connectivity index (χ0) is 10.0. The molecule has 72 valence electrons. The van der Waals surface area contributed by atoms with Gasteiger partial charge in [-0.25, -0.2) is 0 Å². The van der Waals surface area contributed by atoms with Crippen LogP contribution in [0, 0.1) is 6.92 Å². The molecule has 1 aromatic rings. The SMILES string of the molecule is CCC(C)c1cc(O)c(C)cc1O. The highest BCUT2D eigenvalue weighted by Crippen LogP contribution is 2.33. The molecule has 0 saturated carbocycles. The van der Waals surface area contributed by atoms with E-state index in [2.05, 4.69) is 6.92 Å². The summed E-state index contributed by atoms with van der Waals surface area (Å²) in [5.41, 5.74) is 1.54. The van der Waals surface area contributed by atoms with Crippen LogP contribution >= 0.6 is 0 Å². The van der Waals surface area contributed by atoms with Gasteiger partial charge in [-0.3, -0.25) is 0 Å². The second kappa shape index (κ2) is 3.69. The van der Waals surface area contributed by atoms with Gasteiger partial charge < -0.3 is 10.2 Å². The van der Waals surface area contributed by atoms with Crippen LogP contribution in [0.4, 0.5) is 0 Å². The third-order valence-electron chi connectivity index (χ3n) is 2.49. The Morgan fingerprint density at radius 1 is 1.23 bits per heavy atom. The minimum atomic E-state index is 0.258. The maximum Gasteiger partial charge on any atom is 0.119 e. The fourth-order valence-electron chi connectivity index (χ4n) is 1.31. The lowest BCUT2D eigenvalue weighted by atomic mass is 9.96. The second-order valence-corrected chi connectivity index (χ2v) is 3.51. The molecule has 0 heterocycles. The van der Waals surface area contributed by atoms with Crippen molar-refractivity contribution in [3.8, 4) is 11.5 Å². The number of aromatic hydroxyl groups is 2. The Balaban J connectivity index is 3.15. The lowest BCUT2D eigenvalue weighted by Crippen LogP contribution is -1.92. The minimum Gasteiger partial charge on any atom is -0.508 e. The van der Waals surface area contributed by atoms with Crippen molar-refractivity contribution in [1.29, 1.82) is 0 Å². The quantitative estimate of drug-likeness (QED) is 0.687. The van der Waals surface area contributed by atoms with Crippen LogP contribution in [0.3, 0.4) is 0 Å². The van der Waals surface area contributed by atoms with Crippen LogP contribution in [-0.2, 0) is 0 Å². The summed E-state index contributed by atoms with van der Waals surface area (Å²) in [4.78, 5) is 0. The fraction of sp³-hybridized carbons (Fsp3) is 0.455. The first-order valence-electron chi connectivity index (χ1n) is 4.58. The molecule has 1 aromatic carbocycles. The van der Waals surface area contributed by atoms with Gasteiger partial charge in [0.1, 0.15) is 11.5 Å². The Morgan fingerprint density at radius 3 is 2.38 bits per heavy atom. The van der Waals surface area contributed by atoms with Crippen molar-refractivity contribution < 1.29 is 10.2 Å². The van der Waals surface area contributed by atoms with E-state index >= 15 is 0 Å². The molecule has 2 heteroatoms. The number of hydrogen-bond donors (Lipinski definition) is 2. The van der Waals surface area contributed by atoms with Gasteiger partial charge in [0.2, 0.25) is 0 Å². The minimum absolute atomic E-state index is 0.258. The average Bonchev–Trinajstić information content (AvgIpc) is 2.10. The predicted molar refractivity (Wildman–Crippen MR) is 53.2 cm³/mol. The average molecular weight is 180 g/mol. The molecule has 1 atom stereocenters. The van der Waals surface area contributed by atoms with E-state index in [9.17, 15) is 10.2 Å². The van der Waals surface area contributed by atoms with E-state index in [1.807, 2.05) is 6.92 Å². The van der Waals surface area contributed by atoms with Crippen LogP contribution in [0.5, 0.6) is 11.5 Å². The van der Waals surface area contributed by atoms with Gasteiger partial charge in [-0.05, 0) is 37.0 Å². The molecule has 0 spiro atoms. The molecule has 0 aliphatic carbocycles. The molecule has 0 bridgehead atoms. The highest BCUT2D eigenvalue weighted by Gasteiger charge is 2.10. The molecule has 1 rings (SSSR count). The first kappa shape index (κ1) is 9.90. The normalized spacial score (nSPS) is 12.8. The van der Waals surface area contributed by atoms with E-state index in [0.717, 1.165) is 12.0 Å². The second-order valence-electron chi connectivity index (χ2n) is 3.51. The van der Waals surface area contributed by atoms with Crippen molar-refractivity contribution in [2.45, 2.75) is 33.1 Å². The van der Waals surface area contributed by atoms with Crippen molar-refractivity contribution in [2.24, 2.45) is 0 Å². The molecule has 0 amide bonds. The molecule has 1 unspecified atom stereocenters. The van der Waals surface area contributed by atoms with Crippen LogP contribution < -0.4 is 0 Å². The molecule has 0 radical (unpaired) electrons. The van der Waals surface area contributed by atoms with E-state index in [4.69, 9.17) is 0 Å². The van der Waals surface area contributed by atoms with E-state index in [1.165, 1.54) is 0 Å².